The molecule has 0 aromatic heterocycles. The van der Waals surface area contributed by atoms with Gasteiger partial charge in [0.1, 0.15) is 19.0 Å². The average molecular weight is 471 g/mol. The summed E-state index contributed by atoms with van der Waals surface area (Å²) in [5.41, 5.74) is 0.966. The van der Waals surface area contributed by atoms with Gasteiger partial charge in [0, 0.05) is 33.3 Å². The van der Waals surface area contributed by atoms with Gasteiger partial charge in [-0.15, -0.1) is 0 Å². The second-order valence-electron chi connectivity index (χ2n) is 8.86. The minimum atomic E-state index is -0.660. The Labute approximate surface area is 199 Å². The first-order valence-corrected chi connectivity index (χ1v) is 11.6. The molecule has 0 unspecified atom stereocenters. The van der Waals surface area contributed by atoms with E-state index in [4.69, 9.17) is 14.2 Å². The molecular weight excluding hydrogens is 439 g/mol. The number of likely N-dealkylation sites (N-methyl/N-ethyl adjacent to an activating group) is 1. The Kier molecular flexibility index (Phi) is 7.67. The molecule has 0 spiro atoms. The van der Waals surface area contributed by atoms with Crippen LogP contribution in [0.5, 0.6) is 11.5 Å². The van der Waals surface area contributed by atoms with Crippen molar-refractivity contribution in [1.29, 1.82) is 0 Å². The van der Waals surface area contributed by atoms with Crippen LogP contribution in [0.2, 0.25) is 0 Å². The predicted molar refractivity (Wildman–Crippen MR) is 124 cm³/mol. The summed E-state index contributed by atoms with van der Waals surface area (Å²) < 4.78 is 30.0. The van der Waals surface area contributed by atoms with Crippen LogP contribution in [0.3, 0.4) is 0 Å². The zero-order valence-electron chi connectivity index (χ0n) is 19.6. The van der Waals surface area contributed by atoms with Crippen LogP contribution in [0.25, 0.3) is 0 Å². The van der Waals surface area contributed by atoms with E-state index >= 15 is 0 Å². The van der Waals surface area contributed by atoms with Gasteiger partial charge in [0.2, 0.25) is 12.0 Å². The van der Waals surface area contributed by atoms with E-state index in [2.05, 4.69) is 0 Å². The highest BCUT2D eigenvalue weighted by Gasteiger charge is 2.36. The maximum atomic E-state index is 13.4. The van der Waals surface area contributed by atoms with Gasteiger partial charge in [0.15, 0.2) is 11.5 Å². The molecule has 7 nitrogen and oxygen atoms in total. The summed E-state index contributed by atoms with van der Waals surface area (Å²) in [6, 6.07) is 13.7. The van der Waals surface area contributed by atoms with Crippen LogP contribution in [0, 0.1) is 11.7 Å². The maximum Gasteiger partial charge on any atom is 0.267 e. The summed E-state index contributed by atoms with van der Waals surface area (Å²) in [5.74, 6) is 0.973. The van der Waals surface area contributed by atoms with Gasteiger partial charge in [-0.2, -0.15) is 0 Å². The smallest absolute Gasteiger partial charge is 0.267 e. The number of amides is 2. The molecule has 0 bridgehead atoms. The molecule has 34 heavy (non-hydrogen) atoms. The van der Waals surface area contributed by atoms with Gasteiger partial charge < -0.3 is 24.0 Å². The number of carbonyl (C=O) groups is 2. The number of piperidine rings is 1. The van der Waals surface area contributed by atoms with Crippen molar-refractivity contribution in [2.75, 3.05) is 40.5 Å². The largest absolute Gasteiger partial charge is 0.485 e. The molecule has 2 heterocycles. The molecule has 0 N–H and O–H groups in total. The molecule has 0 radical (unpaired) electrons. The van der Waals surface area contributed by atoms with Crippen LogP contribution in [0.1, 0.15) is 18.4 Å². The quantitative estimate of drug-likeness (QED) is 0.623. The van der Waals surface area contributed by atoms with Gasteiger partial charge in [-0.25, -0.2) is 4.39 Å². The molecule has 2 atom stereocenters. The van der Waals surface area contributed by atoms with E-state index in [9.17, 15) is 14.0 Å². The van der Waals surface area contributed by atoms with Gasteiger partial charge in [-0.3, -0.25) is 9.59 Å². The number of carbonyl (C=O) groups excluding carboxylic acids is 2. The summed E-state index contributed by atoms with van der Waals surface area (Å²) in [5, 5.41) is 0. The number of nitrogens with zero attached hydrogens (tertiary/aromatic N) is 2. The molecule has 2 amide bonds. The van der Waals surface area contributed by atoms with Crippen molar-refractivity contribution in [3.63, 3.8) is 0 Å². The lowest BCUT2D eigenvalue weighted by molar-refractivity contribution is -0.144. The molecule has 2 aliphatic rings. The van der Waals surface area contributed by atoms with Crippen LogP contribution < -0.4 is 9.47 Å². The standard InChI is InChI=1S/C26H31FN2O5/c1-28(25(30)17-32-2)21(15-18-7-9-20(27)10-8-18)19-11-13-29(14-12-19)26(31)24-16-33-22-5-3-4-6-23(22)34-24/h3-10,19,21,24H,11-17H2,1-2H3/t21-,24-/m0/s1. The molecule has 0 aliphatic carbocycles. The van der Waals surface area contributed by atoms with E-state index in [1.54, 1.807) is 30.1 Å². The number of fused-ring (bicyclic) bond motifs is 1. The summed E-state index contributed by atoms with van der Waals surface area (Å²) >= 11 is 0. The fourth-order valence-electron chi connectivity index (χ4n) is 4.74. The number of methoxy groups -OCH3 is 1. The van der Waals surface area contributed by atoms with Crippen LogP contribution in [-0.2, 0) is 20.7 Å². The first-order valence-electron chi connectivity index (χ1n) is 11.6. The summed E-state index contributed by atoms with van der Waals surface area (Å²) in [6.07, 6.45) is 1.47. The lowest BCUT2D eigenvalue weighted by Crippen LogP contribution is -2.52. The zero-order valence-corrected chi connectivity index (χ0v) is 19.6. The Morgan fingerprint density at radius 3 is 2.47 bits per heavy atom. The molecule has 0 saturated carbocycles. The van der Waals surface area contributed by atoms with Crippen LogP contribution >= 0.6 is 0 Å². The minimum Gasteiger partial charge on any atom is -0.485 e. The van der Waals surface area contributed by atoms with Crippen molar-refractivity contribution in [3.8, 4) is 11.5 Å². The van der Waals surface area contributed by atoms with Gasteiger partial charge >= 0.3 is 0 Å². The Balaban J connectivity index is 1.40. The average Bonchev–Trinajstić information content (AvgIpc) is 2.87. The zero-order chi connectivity index (χ0) is 24.1. The topological polar surface area (TPSA) is 68.3 Å². The third kappa shape index (κ3) is 5.50. The van der Waals surface area contributed by atoms with E-state index in [1.807, 2.05) is 23.1 Å². The molecule has 182 valence electrons. The molecule has 1 saturated heterocycles. The first-order chi connectivity index (χ1) is 16.5. The Bertz CT molecular complexity index is 991. The SMILES string of the molecule is COCC(=O)N(C)[C@@H](Cc1ccc(F)cc1)C1CCN(C(=O)[C@@H]2COc3ccccc3O2)CC1. The second kappa shape index (κ2) is 10.9. The fraction of sp³-hybridized carbons (Fsp3) is 0.462. The van der Waals surface area contributed by atoms with E-state index in [-0.39, 0.29) is 42.8 Å². The van der Waals surface area contributed by atoms with Crippen LogP contribution in [0.15, 0.2) is 48.5 Å². The van der Waals surface area contributed by atoms with Gasteiger partial charge in [-0.1, -0.05) is 24.3 Å². The van der Waals surface area contributed by atoms with Crippen molar-refractivity contribution in [1.82, 2.24) is 9.80 Å². The van der Waals surface area contributed by atoms with E-state index in [0.717, 1.165) is 18.4 Å². The highest BCUT2D eigenvalue weighted by atomic mass is 19.1. The number of rotatable bonds is 7. The number of ether oxygens (including phenoxy) is 3. The number of para-hydroxylation sites is 2. The Morgan fingerprint density at radius 1 is 1.12 bits per heavy atom. The number of likely N-dealkylation sites (tertiary alicyclic amines) is 1. The molecule has 1 fully saturated rings. The summed E-state index contributed by atoms with van der Waals surface area (Å²) in [7, 11) is 3.29. The highest BCUT2D eigenvalue weighted by molar-refractivity contribution is 5.82. The molecule has 2 aliphatic heterocycles. The molecule has 4 rings (SSSR count). The Morgan fingerprint density at radius 2 is 1.79 bits per heavy atom. The molecule has 8 heteroatoms. The van der Waals surface area contributed by atoms with Crippen LogP contribution in [-0.4, -0.2) is 74.2 Å². The highest BCUT2D eigenvalue weighted by Crippen LogP contribution is 2.32. The van der Waals surface area contributed by atoms with E-state index < -0.39 is 6.10 Å². The first kappa shape index (κ1) is 24.0. The van der Waals surface area contributed by atoms with Gasteiger partial charge in [-0.05, 0) is 55.0 Å². The maximum absolute atomic E-state index is 13.4. The monoisotopic (exact) mass is 470 g/mol. The fourth-order valence-corrected chi connectivity index (χ4v) is 4.74. The second-order valence-corrected chi connectivity index (χ2v) is 8.86. The third-order valence-electron chi connectivity index (χ3n) is 6.70. The van der Waals surface area contributed by atoms with Gasteiger partial charge in [0.05, 0.1) is 0 Å². The Hall–Kier alpha value is -3.13. The normalized spacial score (nSPS) is 18.9. The minimum absolute atomic E-state index is 0.00818. The van der Waals surface area contributed by atoms with Crippen molar-refractivity contribution in [2.24, 2.45) is 5.92 Å². The molecule has 2 aromatic carbocycles. The number of hydrogen-bond donors (Lipinski definition) is 0. The van der Waals surface area contributed by atoms with Crippen molar-refractivity contribution >= 4 is 11.8 Å². The molecular formula is C26H31FN2O5. The summed E-state index contributed by atoms with van der Waals surface area (Å²) in [4.78, 5) is 29.3. The molecule has 2 aromatic rings. The van der Waals surface area contributed by atoms with Gasteiger partial charge in [0.25, 0.3) is 5.91 Å². The van der Waals surface area contributed by atoms with Crippen molar-refractivity contribution in [2.45, 2.75) is 31.4 Å². The summed E-state index contributed by atoms with van der Waals surface area (Å²) in [6.45, 7) is 1.36. The van der Waals surface area contributed by atoms with Crippen molar-refractivity contribution in [3.05, 3.63) is 59.9 Å². The number of benzene rings is 2. The van der Waals surface area contributed by atoms with Crippen LogP contribution in [0.4, 0.5) is 4.39 Å². The lowest BCUT2D eigenvalue weighted by Gasteiger charge is -2.41. The number of hydrogen-bond acceptors (Lipinski definition) is 5. The number of halogens is 1. The van der Waals surface area contributed by atoms with Crippen molar-refractivity contribution < 1.29 is 28.2 Å². The van der Waals surface area contributed by atoms with E-state index in [1.165, 1.54) is 19.2 Å². The predicted octanol–water partition coefficient (Wildman–Crippen LogP) is 2.92. The van der Waals surface area contributed by atoms with E-state index in [0.29, 0.717) is 31.0 Å². The third-order valence-corrected chi connectivity index (χ3v) is 6.70. The lowest BCUT2D eigenvalue weighted by atomic mass is 9.84.